The lowest BCUT2D eigenvalue weighted by molar-refractivity contribution is -0.453. The van der Waals surface area contributed by atoms with E-state index >= 15 is 0 Å². The highest BCUT2D eigenvalue weighted by Gasteiger charge is 2.37. The molecule has 0 bridgehead atoms. The summed E-state index contributed by atoms with van der Waals surface area (Å²) in [6.07, 6.45) is -0.324. The average molecular weight is 329 g/mol. The molecule has 0 fully saturated rings. The van der Waals surface area contributed by atoms with Crippen LogP contribution in [0, 0.1) is 11.3 Å². The number of benzene rings is 1. The van der Waals surface area contributed by atoms with Gasteiger partial charge in [0.05, 0.1) is 12.2 Å². The summed E-state index contributed by atoms with van der Waals surface area (Å²) < 4.78 is 13.3. The summed E-state index contributed by atoms with van der Waals surface area (Å²) in [5.74, 6) is 0.520. The molecule has 3 rings (SSSR count). The Morgan fingerprint density at radius 3 is 2.88 bits per heavy atom. The Morgan fingerprint density at radius 1 is 1.46 bits per heavy atom. The molecule has 1 aromatic rings. The summed E-state index contributed by atoms with van der Waals surface area (Å²) in [5, 5.41) is 9.29. The van der Waals surface area contributed by atoms with Crippen molar-refractivity contribution in [1.82, 2.24) is 4.90 Å². The minimum absolute atomic E-state index is 0.324. The third-order valence-electron chi connectivity index (χ3n) is 3.96. The Labute approximate surface area is 140 Å². The van der Waals surface area contributed by atoms with Crippen molar-refractivity contribution in [1.29, 1.82) is 5.26 Å². The normalized spacial score (nSPS) is 16.7. The zero-order valence-electron chi connectivity index (χ0n) is 14.1. The Balaban J connectivity index is 1.88. The average Bonchev–Trinajstić information content (AvgIpc) is 2.52. The number of hydrogen-bond acceptors (Lipinski definition) is 5. The van der Waals surface area contributed by atoms with Gasteiger partial charge in [-0.2, -0.15) is 9.84 Å². The van der Waals surface area contributed by atoms with Crippen LogP contribution in [-0.2, 0) is 4.74 Å². The van der Waals surface area contributed by atoms with Crippen LogP contribution in [0.2, 0.25) is 0 Å². The van der Waals surface area contributed by atoms with E-state index in [1.54, 1.807) is 11.0 Å². The quantitative estimate of drug-likeness (QED) is 0.579. The number of amides is 1. The number of carbonyl (C=O) groups is 1. The van der Waals surface area contributed by atoms with Gasteiger partial charge in [0, 0.05) is 6.07 Å². The first-order valence-corrected chi connectivity index (χ1v) is 7.85. The molecule has 2 heterocycles. The van der Waals surface area contributed by atoms with Gasteiger partial charge in [-0.1, -0.05) is 0 Å². The second kappa shape index (κ2) is 5.71. The number of nitrogens with two attached hydrogens (primary N) is 1. The second-order valence-corrected chi connectivity index (χ2v) is 6.90. The van der Waals surface area contributed by atoms with Crippen molar-refractivity contribution in [3.8, 4) is 11.8 Å². The van der Waals surface area contributed by atoms with Gasteiger partial charge in [-0.05, 0) is 26.8 Å². The van der Waals surface area contributed by atoms with Crippen molar-refractivity contribution in [3.05, 3.63) is 17.7 Å². The summed E-state index contributed by atoms with van der Waals surface area (Å²) in [7, 11) is 0. The molecule has 2 aliphatic heterocycles. The highest BCUT2D eigenvalue weighted by atomic mass is 16.6. The Hall–Kier alpha value is -2.75. The number of nitrogens with zero attached hydrogens (tertiary/aromatic N) is 3. The molecule has 1 amide bonds. The maximum atomic E-state index is 12.3. The van der Waals surface area contributed by atoms with Crippen molar-refractivity contribution in [3.63, 3.8) is 0 Å². The maximum Gasteiger partial charge on any atom is 0.411 e. The van der Waals surface area contributed by atoms with E-state index in [0.29, 0.717) is 43.2 Å². The van der Waals surface area contributed by atoms with Gasteiger partial charge < -0.3 is 15.2 Å². The number of fused-ring (bicyclic) bond motifs is 2. The van der Waals surface area contributed by atoms with Crippen LogP contribution in [0.15, 0.2) is 12.1 Å². The molecule has 0 saturated carbocycles. The summed E-state index contributed by atoms with van der Waals surface area (Å²) in [4.78, 5) is 13.9. The fraction of sp³-hybridized carbons (Fsp3) is 0.471. The molecule has 0 radical (unpaired) electrons. The van der Waals surface area contributed by atoms with Crippen LogP contribution in [0.5, 0.6) is 5.75 Å². The van der Waals surface area contributed by atoms with Crippen LogP contribution in [0.4, 0.5) is 16.2 Å². The van der Waals surface area contributed by atoms with Gasteiger partial charge in [0.25, 0.3) is 0 Å². The second-order valence-electron chi connectivity index (χ2n) is 6.90. The third kappa shape index (κ3) is 2.87. The minimum atomic E-state index is -0.520. The van der Waals surface area contributed by atoms with Gasteiger partial charge in [-0.15, -0.1) is 0 Å². The lowest BCUT2D eigenvalue weighted by Gasteiger charge is -2.31. The van der Waals surface area contributed by atoms with E-state index < -0.39 is 5.60 Å². The first kappa shape index (κ1) is 16.1. The van der Waals surface area contributed by atoms with Gasteiger partial charge in [0.1, 0.15) is 23.8 Å². The number of hydrogen-bond donors (Lipinski definition) is 1. The van der Waals surface area contributed by atoms with Crippen molar-refractivity contribution < 1.29 is 18.8 Å². The molecule has 7 heteroatoms. The first-order valence-electron chi connectivity index (χ1n) is 7.85. The van der Waals surface area contributed by atoms with Crippen LogP contribution in [0.25, 0.3) is 0 Å². The molecule has 0 unspecified atom stereocenters. The molecule has 0 aromatic heterocycles. The zero-order chi connectivity index (χ0) is 17.5. The summed E-state index contributed by atoms with van der Waals surface area (Å²) in [6, 6.07) is 5.67. The first-order chi connectivity index (χ1) is 11.3. The van der Waals surface area contributed by atoms with Crippen molar-refractivity contribution in [2.75, 3.05) is 32.0 Å². The molecule has 24 heavy (non-hydrogen) atoms. The van der Waals surface area contributed by atoms with Crippen LogP contribution in [0.1, 0.15) is 26.3 Å². The molecule has 0 atom stereocenters. The van der Waals surface area contributed by atoms with Crippen molar-refractivity contribution in [2.24, 2.45) is 0 Å². The zero-order valence-corrected chi connectivity index (χ0v) is 14.1. The molecule has 0 saturated heterocycles. The predicted octanol–water partition coefficient (Wildman–Crippen LogP) is 1.87. The van der Waals surface area contributed by atoms with E-state index in [1.807, 2.05) is 26.8 Å². The molecule has 2 aliphatic rings. The number of anilines is 1. The van der Waals surface area contributed by atoms with Gasteiger partial charge in [-0.3, -0.25) is 4.90 Å². The van der Waals surface area contributed by atoms with Crippen LogP contribution < -0.4 is 10.5 Å². The van der Waals surface area contributed by atoms with E-state index in [4.69, 9.17) is 15.2 Å². The predicted molar refractivity (Wildman–Crippen MR) is 88.7 cm³/mol. The third-order valence-corrected chi connectivity index (χ3v) is 3.96. The van der Waals surface area contributed by atoms with E-state index in [-0.39, 0.29) is 6.09 Å². The molecule has 2 N–H and O–H groups in total. The van der Waals surface area contributed by atoms with E-state index in [1.165, 1.54) is 0 Å². The molecule has 0 spiro atoms. The van der Waals surface area contributed by atoms with Gasteiger partial charge in [0.15, 0.2) is 13.2 Å². The van der Waals surface area contributed by atoms with Gasteiger partial charge >= 0.3 is 6.09 Å². The van der Waals surface area contributed by atoms with E-state index in [0.717, 1.165) is 11.4 Å². The van der Waals surface area contributed by atoms with Crippen molar-refractivity contribution >= 4 is 23.2 Å². The molecular weight excluding hydrogens is 308 g/mol. The number of ether oxygens (including phenoxy) is 2. The number of carbonyl (C=O) groups excluding carboxylic acids is 1. The summed E-state index contributed by atoms with van der Waals surface area (Å²) in [6.45, 7) is 7.49. The Kier molecular flexibility index (Phi) is 3.84. The molecule has 0 aliphatic carbocycles. The molecule has 126 valence electrons. The van der Waals surface area contributed by atoms with Gasteiger partial charge in [-0.25, -0.2) is 4.79 Å². The lowest BCUT2D eigenvalue weighted by Crippen LogP contribution is -2.50. The SMILES string of the molecule is CC(C)(C)OC(=O)N1CC[N+]2=C(COc3c2ccc(N)c3C#N)C1. The van der Waals surface area contributed by atoms with E-state index in [9.17, 15) is 10.1 Å². The van der Waals surface area contributed by atoms with Crippen LogP contribution in [-0.4, -0.2) is 53.1 Å². The summed E-state index contributed by atoms with van der Waals surface area (Å²) >= 11 is 0. The topological polar surface area (TPSA) is 91.6 Å². The Bertz CT molecular complexity index is 771. The highest BCUT2D eigenvalue weighted by Crippen LogP contribution is 2.37. The molecular formula is C17H21N4O3+. The highest BCUT2D eigenvalue weighted by molar-refractivity contribution is 5.89. The number of nitrogen functional groups attached to an aromatic ring is 1. The Morgan fingerprint density at radius 2 is 2.21 bits per heavy atom. The van der Waals surface area contributed by atoms with Crippen molar-refractivity contribution in [2.45, 2.75) is 26.4 Å². The number of nitriles is 1. The number of rotatable bonds is 0. The maximum absolute atomic E-state index is 12.3. The standard InChI is InChI=1S/C17H21N4O3/c1-17(2,3)24-16(22)20-6-7-21-11(9-20)10-23-15-12(8-18)13(19)4-5-14(15)21/h4-5H,6-7,9-10,19H2,1-3H3/q+1. The smallest absolute Gasteiger partial charge is 0.411 e. The summed E-state index contributed by atoms with van der Waals surface area (Å²) in [5.41, 5.74) is 7.89. The lowest BCUT2D eigenvalue weighted by atomic mass is 10.1. The van der Waals surface area contributed by atoms with Crippen LogP contribution in [0.3, 0.4) is 0 Å². The fourth-order valence-corrected chi connectivity index (χ4v) is 2.88. The largest absolute Gasteiger partial charge is 0.475 e. The van der Waals surface area contributed by atoms with E-state index in [2.05, 4.69) is 10.6 Å². The molecule has 1 aromatic carbocycles. The fourth-order valence-electron chi connectivity index (χ4n) is 2.88. The van der Waals surface area contributed by atoms with Gasteiger partial charge in [0.2, 0.25) is 17.1 Å². The van der Waals surface area contributed by atoms with Crippen LogP contribution >= 0.6 is 0 Å². The minimum Gasteiger partial charge on any atom is -0.475 e. The monoisotopic (exact) mass is 329 g/mol. The molecule has 7 nitrogen and oxygen atoms in total.